The van der Waals surface area contributed by atoms with Crippen LogP contribution in [-0.4, -0.2) is 69.3 Å². The summed E-state index contributed by atoms with van der Waals surface area (Å²) in [6.07, 6.45) is -5.22. The lowest BCUT2D eigenvalue weighted by molar-refractivity contribution is -0.327. The third kappa shape index (κ3) is 8.19. The summed E-state index contributed by atoms with van der Waals surface area (Å²) in [7, 11) is -3.57. The molecule has 2 saturated heterocycles. The maximum atomic E-state index is 13.4. The zero-order valence-corrected chi connectivity index (χ0v) is 27.9. The molecule has 4 aromatic rings. The quantitative estimate of drug-likeness (QED) is 0.181. The van der Waals surface area contributed by atoms with Gasteiger partial charge in [-0.2, -0.15) is 8.42 Å². The van der Waals surface area contributed by atoms with Crippen LogP contribution >= 0.6 is 0 Å². The van der Waals surface area contributed by atoms with E-state index in [2.05, 4.69) is 0 Å². The molecule has 5 atom stereocenters. The van der Waals surface area contributed by atoms with E-state index in [4.69, 9.17) is 32.6 Å². The lowest BCUT2D eigenvalue weighted by Crippen LogP contribution is -2.73. The molecule has 49 heavy (non-hydrogen) atoms. The Morgan fingerprint density at radius 1 is 0.694 bits per heavy atom. The van der Waals surface area contributed by atoms with E-state index in [9.17, 15) is 13.2 Å². The number of methoxy groups -OCH3 is 1. The van der Waals surface area contributed by atoms with Crippen LogP contribution in [0.25, 0.3) is 0 Å². The molecule has 2 aliphatic rings. The molecule has 2 aliphatic heterocycles. The van der Waals surface area contributed by atoms with E-state index in [1.165, 1.54) is 0 Å². The van der Waals surface area contributed by atoms with E-state index in [-0.39, 0.29) is 33.0 Å². The summed E-state index contributed by atoms with van der Waals surface area (Å²) in [5.74, 6) is 0. The number of carbonyl (C=O) groups is 1. The number of hydrogen-bond donors (Lipinski definition) is 0. The molecule has 0 N–H and O–H groups in total. The molecule has 0 aromatic heterocycles. The fourth-order valence-corrected chi connectivity index (χ4v) is 7.26. The molecular weight excluding hydrogens is 650 g/mol. The molecule has 4 aromatic carbocycles. The molecule has 6 rings (SSSR count). The zero-order chi connectivity index (χ0) is 34.1. The van der Waals surface area contributed by atoms with E-state index < -0.39 is 53.1 Å². The Morgan fingerprint density at radius 2 is 1.14 bits per heavy atom. The third-order valence-electron chi connectivity index (χ3n) is 8.35. The zero-order valence-electron chi connectivity index (χ0n) is 27.0. The van der Waals surface area contributed by atoms with Gasteiger partial charge in [-0.15, -0.1) is 4.31 Å². The van der Waals surface area contributed by atoms with Crippen LogP contribution in [0.15, 0.2) is 121 Å². The first-order chi connectivity index (χ1) is 23.9. The van der Waals surface area contributed by atoms with Crippen molar-refractivity contribution in [3.63, 3.8) is 0 Å². The number of amides is 1. The van der Waals surface area contributed by atoms with Crippen molar-refractivity contribution in [2.45, 2.75) is 56.6 Å². The van der Waals surface area contributed by atoms with Gasteiger partial charge in [0.1, 0.15) is 31.0 Å². The fraction of sp³-hybridized carbons (Fsp3) is 0.324. The summed E-state index contributed by atoms with van der Waals surface area (Å²) in [5, 5.41) is 0. The van der Waals surface area contributed by atoms with Gasteiger partial charge >= 0.3 is 16.4 Å². The van der Waals surface area contributed by atoms with Crippen LogP contribution in [-0.2, 0) is 69.3 Å². The Bertz CT molecular complexity index is 1730. The van der Waals surface area contributed by atoms with Crippen LogP contribution in [0.5, 0.6) is 0 Å². The smallest absolute Gasteiger partial charge is 0.427 e. The van der Waals surface area contributed by atoms with Gasteiger partial charge in [0.2, 0.25) is 5.72 Å². The van der Waals surface area contributed by atoms with E-state index in [0.717, 1.165) is 29.4 Å². The Hall–Kier alpha value is -4.14. The largest absolute Gasteiger partial charge is 0.452 e. The second kappa shape index (κ2) is 16.0. The highest BCUT2D eigenvalue weighted by Crippen LogP contribution is 2.44. The number of benzene rings is 4. The van der Waals surface area contributed by atoms with Crippen LogP contribution in [0.2, 0.25) is 0 Å². The highest BCUT2D eigenvalue weighted by Gasteiger charge is 2.68. The predicted octanol–water partition coefficient (Wildman–Crippen LogP) is 5.40. The summed E-state index contributed by atoms with van der Waals surface area (Å²) in [5.41, 5.74) is 1.47. The average molecular weight is 690 g/mol. The lowest BCUT2D eigenvalue weighted by Gasteiger charge is -2.51. The highest BCUT2D eigenvalue weighted by molar-refractivity contribution is 7.85. The Labute approximate surface area is 286 Å². The van der Waals surface area contributed by atoms with Crippen LogP contribution in [0.3, 0.4) is 0 Å². The highest BCUT2D eigenvalue weighted by atomic mass is 32.2. The third-order valence-corrected chi connectivity index (χ3v) is 9.67. The molecule has 1 amide bonds. The maximum absolute atomic E-state index is 13.4. The predicted molar refractivity (Wildman–Crippen MR) is 178 cm³/mol. The topological polar surface area (TPSA) is 119 Å². The van der Waals surface area contributed by atoms with Crippen molar-refractivity contribution in [2.75, 3.05) is 20.3 Å². The van der Waals surface area contributed by atoms with E-state index in [1.807, 2.05) is 121 Å². The monoisotopic (exact) mass is 689 g/mol. The summed E-state index contributed by atoms with van der Waals surface area (Å²) >= 11 is 0. The van der Waals surface area contributed by atoms with Gasteiger partial charge in [0, 0.05) is 0 Å². The van der Waals surface area contributed by atoms with Gasteiger partial charge in [0.15, 0.2) is 0 Å². The molecule has 0 radical (unpaired) electrons. The molecule has 3 unspecified atom stereocenters. The van der Waals surface area contributed by atoms with E-state index in [0.29, 0.717) is 4.31 Å². The van der Waals surface area contributed by atoms with Crippen LogP contribution in [0.4, 0.5) is 4.79 Å². The first-order valence-electron chi connectivity index (χ1n) is 15.9. The molecule has 0 bridgehead atoms. The van der Waals surface area contributed by atoms with Gasteiger partial charge in [-0.05, 0) is 22.3 Å². The standard InChI is InChI=1S/C37H39NO10S/c1-42-36(39)38-37(27-47-49(38,40)41)35(46-25-31-20-12-5-13-21-31)34(45-24-30-18-10-4-11-19-30)33(44-23-29-16-8-3-9-17-29)32(48-37)26-43-22-28-14-6-2-7-15-28/h2-21,32-35H,22-27H2,1H3/t32?,33-,34?,35?,37+/m1/s1. The minimum Gasteiger partial charge on any atom is -0.452 e. The van der Waals surface area contributed by atoms with E-state index >= 15 is 0 Å². The summed E-state index contributed by atoms with van der Waals surface area (Å²) in [6, 6.07) is 38.1. The summed E-state index contributed by atoms with van der Waals surface area (Å²) in [6.45, 7) is -0.0163. The van der Waals surface area contributed by atoms with Gasteiger partial charge in [0.05, 0.1) is 40.1 Å². The SMILES string of the molecule is COC(=O)N1[C@@]2(COS1(=O)=O)OC(COCc1ccccc1)[C@@H](OCc1ccccc1)C(OCc1ccccc1)C2OCc1ccccc1. The van der Waals surface area contributed by atoms with Crippen molar-refractivity contribution in [1.29, 1.82) is 0 Å². The Kier molecular flexibility index (Phi) is 11.4. The van der Waals surface area contributed by atoms with Gasteiger partial charge < -0.3 is 28.4 Å². The second-order valence-corrected chi connectivity index (χ2v) is 13.2. The van der Waals surface area contributed by atoms with Crippen LogP contribution in [0.1, 0.15) is 22.3 Å². The molecule has 12 heteroatoms. The van der Waals surface area contributed by atoms with Gasteiger partial charge in [0.25, 0.3) is 0 Å². The molecule has 1 spiro atoms. The van der Waals surface area contributed by atoms with Crippen molar-refractivity contribution in [3.05, 3.63) is 144 Å². The van der Waals surface area contributed by atoms with Crippen molar-refractivity contribution < 1.29 is 45.8 Å². The maximum Gasteiger partial charge on any atom is 0.427 e. The van der Waals surface area contributed by atoms with Crippen molar-refractivity contribution in [3.8, 4) is 0 Å². The van der Waals surface area contributed by atoms with Crippen molar-refractivity contribution in [1.82, 2.24) is 4.31 Å². The first-order valence-corrected chi connectivity index (χ1v) is 17.3. The molecule has 2 fully saturated rings. The van der Waals surface area contributed by atoms with E-state index in [1.54, 1.807) is 0 Å². The number of carbonyl (C=O) groups excluding carboxylic acids is 1. The average Bonchev–Trinajstić information content (AvgIpc) is 3.40. The number of nitrogens with zero attached hydrogens (tertiary/aromatic N) is 1. The minimum absolute atomic E-state index is 0.0391. The van der Waals surface area contributed by atoms with Crippen molar-refractivity contribution in [2.24, 2.45) is 0 Å². The Morgan fingerprint density at radius 3 is 1.63 bits per heavy atom. The lowest BCUT2D eigenvalue weighted by atomic mass is 9.89. The van der Waals surface area contributed by atoms with Gasteiger partial charge in [-0.25, -0.2) is 8.98 Å². The first kappa shape index (κ1) is 34.7. The molecule has 258 valence electrons. The summed E-state index contributed by atoms with van der Waals surface area (Å²) in [4.78, 5) is 13.3. The molecule has 0 aliphatic carbocycles. The molecule has 2 heterocycles. The number of hydrogen-bond acceptors (Lipinski definition) is 10. The molecule has 11 nitrogen and oxygen atoms in total. The second-order valence-electron chi connectivity index (χ2n) is 11.7. The Balaban J connectivity index is 1.41. The minimum atomic E-state index is -4.66. The van der Waals surface area contributed by atoms with Gasteiger partial charge in [-0.1, -0.05) is 121 Å². The van der Waals surface area contributed by atoms with Crippen LogP contribution < -0.4 is 0 Å². The normalized spacial score (nSPS) is 24.6. The number of rotatable bonds is 13. The molecular formula is C37H39NO10S. The van der Waals surface area contributed by atoms with Crippen LogP contribution in [0, 0.1) is 0 Å². The summed E-state index contributed by atoms with van der Waals surface area (Å²) < 4.78 is 70.3. The fourth-order valence-electron chi connectivity index (χ4n) is 6.00. The van der Waals surface area contributed by atoms with Crippen molar-refractivity contribution >= 4 is 16.4 Å². The number of ether oxygens (including phenoxy) is 6. The van der Waals surface area contributed by atoms with Gasteiger partial charge in [-0.3, -0.25) is 0 Å². The molecule has 0 saturated carbocycles.